The highest BCUT2D eigenvalue weighted by molar-refractivity contribution is 6.18. The van der Waals surface area contributed by atoms with Crippen molar-refractivity contribution in [1.29, 1.82) is 0 Å². The van der Waals surface area contributed by atoms with Gasteiger partial charge in [0.2, 0.25) is 0 Å². The number of halogens is 1. The average molecular weight is 302 g/mol. The molecule has 0 aromatic heterocycles. The van der Waals surface area contributed by atoms with Gasteiger partial charge in [0.1, 0.15) is 0 Å². The lowest BCUT2D eigenvalue weighted by molar-refractivity contribution is 0.0940. The molecule has 0 aliphatic rings. The van der Waals surface area contributed by atoms with Crippen molar-refractivity contribution in [2.75, 3.05) is 5.88 Å². The number of alkyl halides is 1. The SMILES string of the molecule is CC(C)c1ccc(C(=O)NC(CCl)c2ccccc2)cc1. The number of rotatable bonds is 5. The molecule has 0 heterocycles. The van der Waals surface area contributed by atoms with Crippen LogP contribution in [-0.2, 0) is 0 Å². The van der Waals surface area contributed by atoms with Gasteiger partial charge < -0.3 is 5.32 Å². The van der Waals surface area contributed by atoms with Crippen molar-refractivity contribution in [2.24, 2.45) is 0 Å². The van der Waals surface area contributed by atoms with Gasteiger partial charge in [-0.2, -0.15) is 0 Å². The lowest BCUT2D eigenvalue weighted by atomic mass is 10.0. The first-order valence-corrected chi connectivity index (χ1v) is 7.67. The van der Waals surface area contributed by atoms with Gasteiger partial charge in [-0.3, -0.25) is 4.79 Å². The maximum Gasteiger partial charge on any atom is 0.251 e. The molecule has 1 atom stereocenters. The topological polar surface area (TPSA) is 29.1 Å². The molecule has 2 nitrogen and oxygen atoms in total. The molecule has 0 radical (unpaired) electrons. The van der Waals surface area contributed by atoms with Crippen molar-refractivity contribution in [3.05, 3.63) is 71.3 Å². The molecule has 0 aliphatic carbocycles. The van der Waals surface area contributed by atoms with Gasteiger partial charge >= 0.3 is 0 Å². The second kappa shape index (κ2) is 7.28. The third-order valence-corrected chi connectivity index (χ3v) is 3.81. The predicted octanol–water partition coefficient (Wildman–Crippen LogP) is 4.52. The zero-order valence-electron chi connectivity index (χ0n) is 12.3. The van der Waals surface area contributed by atoms with E-state index in [1.165, 1.54) is 5.56 Å². The van der Waals surface area contributed by atoms with Crippen LogP contribution in [0.15, 0.2) is 54.6 Å². The van der Waals surface area contributed by atoms with Gasteiger partial charge in [0.25, 0.3) is 5.91 Å². The standard InChI is InChI=1S/C18H20ClNO/c1-13(2)14-8-10-16(11-9-14)18(21)20-17(12-19)15-6-4-3-5-7-15/h3-11,13,17H,12H2,1-2H3,(H,20,21). The van der Waals surface area contributed by atoms with E-state index in [1.807, 2.05) is 54.6 Å². The van der Waals surface area contributed by atoms with Crippen LogP contribution in [0.4, 0.5) is 0 Å². The summed E-state index contributed by atoms with van der Waals surface area (Å²) >= 11 is 5.99. The lowest BCUT2D eigenvalue weighted by Gasteiger charge is -2.16. The normalized spacial score (nSPS) is 12.2. The highest BCUT2D eigenvalue weighted by Gasteiger charge is 2.14. The van der Waals surface area contributed by atoms with E-state index in [4.69, 9.17) is 11.6 Å². The van der Waals surface area contributed by atoms with Crippen LogP contribution in [0.25, 0.3) is 0 Å². The molecule has 2 aromatic rings. The molecule has 0 aliphatic heterocycles. The third-order valence-electron chi connectivity index (χ3n) is 3.50. The van der Waals surface area contributed by atoms with E-state index in [0.29, 0.717) is 17.4 Å². The van der Waals surface area contributed by atoms with Crippen molar-refractivity contribution >= 4 is 17.5 Å². The number of benzene rings is 2. The Hall–Kier alpha value is -1.80. The second-order valence-corrected chi connectivity index (χ2v) is 5.68. The van der Waals surface area contributed by atoms with Gasteiger partial charge in [-0.25, -0.2) is 0 Å². The number of carbonyl (C=O) groups excluding carboxylic acids is 1. The summed E-state index contributed by atoms with van der Waals surface area (Å²) in [6.45, 7) is 4.27. The molecule has 2 aromatic carbocycles. The highest BCUT2D eigenvalue weighted by Crippen LogP contribution is 2.17. The minimum Gasteiger partial charge on any atom is -0.344 e. The third kappa shape index (κ3) is 4.08. The summed E-state index contributed by atoms with van der Waals surface area (Å²) in [7, 11) is 0. The molecule has 0 saturated heterocycles. The van der Waals surface area contributed by atoms with Crippen molar-refractivity contribution in [1.82, 2.24) is 5.32 Å². The van der Waals surface area contributed by atoms with Crippen molar-refractivity contribution in [3.63, 3.8) is 0 Å². The molecular formula is C18H20ClNO. The van der Waals surface area contributed by atoms with Crippen LogP contribution < -0.4 is 5.32 Å². The van der Waals surface area contributed by atoms with Gasteiger partial charge in [-0.1, -0.05) is 56.3 Å². The zero-order valence-corrected chi connectivity index (χ0v) is 13.1. The number of carbonyl (C=O) groups is 1. The maximum absolute atomic E-state index is 12.3. The molecule has 0 bridgehead atoms. The highest BCUT2D eigenvalue weighted by atomic mass is 35.5. The van der Waals surface area contributed by atoms with Gasteiger partial charge in [0.05, 0.1) is 6.04 Å². The van der Waals surface area contributed by atoms with Crippen molar-refractivity contribution < 1.29 is 4.79 Å². The van der Waals surface area contributed by atoms with Gasteiger partial charge in [0.15, 0.2) is 0 Å². The number of hydrogen-bond donors (Lipinski definition) is 1. The summed E-state index contributed by atoms with van der Waals surface area (Å²) in [5.74, 6) is 0.710. The van der Waals surface area contributed by atoms with Crippen molar-refractivity contribution in [3.8, 4) is 0 Å². The van der Waals surface area contributed by atoms with Crippen LogP contribution in [0.2, 0.25) is 0 Å². The summed E-state index contributed by atoms with van der Waals surface area (Å²) in [4.78, 5) is 12.3. The first-order valence-electron chi connectivity index (χ1n) is 7.13. The van der Waals surface area contributed by atoms with E-state index in [0.717, 1.165) is 5.56 Å². The number of nitrogens with one attached hydrogen (secondary N) is 1. The van der Waals surface area contributed by atoms with Crippen molar-refractivity contribution in [2.45, 2.75) is 25.8 Å². The van der Waals surface area contributed by atoms with Gasteiger partial charge in [0, 0.05) is 11.4 Å². The number of amides is 1. The fourth-order valence-corrected chi connectivity index (χ4v) is 2.41. The first kappa shape index (κ1) is 15.6. The van der Waals surface area contributed by atoms with E-state index in [2.05, 4.69) is 19.2 Å². The maximum atomic E-state index is 12.3. The Kier molecular flexibility index (Phi) is 5.40. The molecule has 2 rings (SSSR count). The van der Waals surface area contributed by atoms with Crippen LogP contribution >= 0.6 is 11.6 Å². The van der Waals surface area contributed by atoms with Gasteiger partial charge in [-0.05, 0) is 29.2 Å². The zero-order chi connectivity index (χ0) is 15.2. The lowest BCUT2D eigenvalue weighted by Crippen LogP contribution is -2.29. The summed E-state index contributed by atoms with van der Waals surface area (Å²) in [6.07, 6.45) is 0. The molecule has 0 fully saturated rings. The minimum atomic E-state index is -0.176. The molecule has 0 saturated carbocycles. The quantitative estimate of drug-likeness (QED) is 0.808. The van der Waals surface area contributed by atoms with E-state index in [-0.39, 0.29) is 11.9 Å². The molecule has 3 heteroatoms. The molecule has 110 valence electrons. The average Bonchev–Trinajstić information content (AvgIpc) is 2.53. The van der Waals surface area contributed by atoms with Gasteiger partial charge in [-0.15, -0.1) is 11.6 Å². The Bertz CT molecular complexity index is 578. The Morgan fingerprint density at radius 2 is 1.62 bits per heavy atom. The smallest absolute Gasteiger partial charge is 0.251 e. The predicted molar refractivity (Wildman–Crippen MR) is 87.9 cm³/mol. The van der Waals surface area contributed by atoms with Crippen LogP contribution in [0.1, 0.15) is 47.3 Å². The Morgan fingerprint density at radius 3 is 2.14 bits per heavy atom. The number of hydrogen-bond acceptors (Lipinski definition) is 1. The van der Waals surface area contributed by atoms with E-state index in [1.54, 1.807) is 0 Å². The molecule has 0 spiro atoms. The Balaban J connectivity index is 2.09. The summed E-state index contributed by atoms with van der Waals surface area (Å²) < 4.78 is 0. The Morgan fingerprint density at radius 1 is 1.00 bits per heavy atom. The van der Waals surface area contributed by atoms with Crippen LogP contribution in [0.5, 0.6) is 0 Å². The summed E-state index contributed by atoms with van der Waals surface area (Å²) in [5, 5.41) is 2.98. The van der Waals surface area contributed by atoms with Crippen LogP contribution in [-0.4, -0.2) is 11.8 Å². The largest absolute Gasteiger partial charge is 0.344 e. The summed E-state index contributed by atoms with van der Waals surface area (Å²) in [5.41, 5.74) is 2.90. The molecule has 21 heavy (non-hydrogen) atoms. The molecule has 1 unspecified atom stereocenters. The van der Waals surface area contributed by atoms with E-state index in [9.17, 15) is 4.79 Å². The molecule has 1 N–H and O–H groups in total. The Labute approximate surface area is 131 Å². The summed E-state index contributed by atoms with van der Waals surface area (Å²) in [6, 6.07) is 17.3. The second-order valence-electron chi connectivity index (χ2n) is 5.37. The van der Waals surface area contributed by atoms with Crippen LogP contribution in [0, 0.1) is 0 Å². The first-order chi connectivity index (χ1) is 10.1. The monoisotopic (exact) mass is 301 g/mol. The molecular weight excluding hydrogens is 282 g/mol. The van der Waals surface area contributed by atoms with Crippen LogP contribution in [0.3, 0.4) is 0 Å². The van der Waals surface area contributed by atoms with E-state index >= 15 is 0 Å². The van der Waals surface area contributed by atoms with E-state index < -0.39 is 0 Å². The fraction of sp³-hybridized carbons (Fsp3) is 0.278. The fourth-order valence-electron chi connectivity index (χ4n) is 2.16. The minimum absolute atomic E-state index is 0.0974. The molecule has 1 amide bonds.